The van der Waals surface area contributed by atoms with Gasteiger partial charge in [-0.3, -0.25) is 0 Å². The van der Waals surface area contributed by atoms with Crippen LogP contribution in [0.2, 0.25) is 0 Å². The largest absolute Gasteiger partial charge is 0.288 e. The quantitative estimate of drug-likeness (QED) is 0.500. The molecule has 0 N–H and O–H groups in total. The van der Waals surface area contributed by atoms with Crippen molar-refractivity contribution in [3.8, 4) is 0 Å². The Morgan fingerprint density at radius 1 is 1.50 bits per heavy atom. The van der Waals surface area contributed by atoms with E-state index >= 15 is 0 Å². The van der Waals surface area contributed by atoms with Crippen LogP contribution in [0.1, 0.15) is 0 Å². The summed E-state index contributed by atoms with van der Waals surface area (Å²) in [5.41, 5.74) is 0. The van der Waals surface area contributed by atoms with Crippen molar-refractivity contribution >= 4 is 15.9 Å². The van der Waals surface area contributed by atoms with Gasteiger partial charge in [-0.2, -0.15) is 0 Å². The van der Waals surface area contributed by atoms with Crippen LogP contribution in [0.25, 0.3) is 0 Å². The van der Waals surface area contributed by atoms with Gasteiger partial charge in [0.25, 0.3) is 11.0 Å². The smallest absolute Gasteiger partial charge is 0.217 e. The average molecular weight is 225 g/mol. The van der Waals surface area contributed by atoms with E-state index in [4.69, 9.17) is 0 Å². The monoisotopic (exact) mass is 224 g/mol. The molecule has 10 heavy (non-hydrogen) atoms. The van der Waals surface area contributed by atoms with Crippen LogP contribution in [0.15, 0.2) is 12.2 Å². The minimum Gasteiger partial charge on any atom is -0.217 e. The highest BCUT2D eigenvalue weighted by Crippen LogP contribution is 2.36. The van der Waals surface area contributed by atoms with Crippen LogP contribution in [0.5, 0.6) is 0 Å². The number of halogens is 6. The summed E-state index contributed by atoms with van der Waals surface area (Å²) in [5, 5.41) is 0. The van der Waals surface area contributed by atoms with Gasteiger partial charge in [-0.1, -0.05) is 0 Å². The second kappa shape index (κ2) is 3.32. The van der Waals surface area contributed by atoms with Gasteiger partial charge in [0.2, 0.25) is 0 Å². The molecule has 0 saturated carbocycles. The SMILES string of the molecule is FC=C(F)C(F)(Br)C(F)F. The Morgan fingerprint density at radius 2 is 1.90 bits per heavy atom. The first-order valence-corrected chi connectivity index (χ1v) is 2.84. The zero-order chi connectivity index (χ0) is 8.36. The number of hydrogen-bond acceptors (Lipinski definition) is 0. The van der Waals surface area contributed by atoms with Crippen LogP contribution < -0.4 is 0 Å². The van der Waals surface area contributed by atoms with E-state index in [-0.39, 0.29) is 0 Å². The molecular formula is C4H2BrF5. The summed E-state index contributed by atoms with van der Waals surface area (Å²) >= 11 is 1.67. The fourth-order valence-electron chi connectivity index (χ4n) is 0.177. The fraction of sp³-hybridized carbons (Fsp3) is 0.500. The maximum Gasteiger partial charge on any atom is 0.288 e. The summed E-state index contributed by atoms with van der Waals surface area (Å²) in [5.74, 6) is -2.18. The third-order valence-corrected chi connectivity index (χ3v) is 1.41. The van der Waals surface area contributed by atoms with E-state index in [0.29, 0.717) is 0 Å². The molecular weight excluding hydrogens is 223 g/mol. The second-order valence-corrected chi connectivity index (χ2v) is 2.53. The van der Waals surface area contributed by atoms with E-state index in [1.54, 1.807) is 15.9 Å². The minimum atomic E-state index is -3.69. The number of alkyl halides is 4. The maximum absolute atomic E-state index is 12.1. The van der Waals surface area contributed by atoms with Gasteiger partial charge in [-0.15, -0.1) is 0 Å². The first-order chi connectivity index (χ1) is 4.42. The minimum absolute atomic E-state index is 0.860. The van der Waals surface area contributed by atoms with Gasteiger partial charge in [-0.05, 0) is 15.9 Å². The third kappa shape index (κ3) is 1.93. The first kappa shape index (κ1) is 9.87. The summed E-state index contributed by atoms with van der Waals surface area (Å²) in [6.45, 7) is 0. The zero-order valence-electron chi connectivity index (χ0n) is 4.42. The fourth-order valence-corrected chi connectivity index (χ4v) is 0.263. The van der Waals surface area contributed by atoms with Gasteiger partial charge in [-0.25, -0.2) is 22.0 Å². The van der Waals surface area contributed by atoms with Crippen molar-refractivity contribution in [3.05, 3.63) is 12.2 Å². The second-order valence-electron chi connectivity index (χ2n) is 1.38. The molecule has 1 atom stereocenters. The van der Waals surface area contributed by atoms with E-state index in [1.807, 2.05) is 0 Å². The lowest BCUT2D eigenvalue weighted by molar-refractivity contribution is 0.0398. The molecule has 0 aromatic rings. The molecule has 0 saturated heterocycles. The van der Waals surface area contributed by atoms with Gasteiger partial charge in [0.15, 0.2) is 5.83 Å². The molecule has 0 aromatic carbocycles. The van der Waals surface area contributed by atoms with Crippen molar-refractivity contribution in [2.24, 2.45) is 0 Å². The zero-order valence-corrected chi connectivity index (χ0v) is 6.01. The summed E-state index contributed by atoms with van der Waals surface area (Å²) < 4.78 is 54.0. The van der Waals surface area contributed by atoms with Gasteiger partial charge < -0.3 is 0 Å². The van der Waals surface area contributed by atoms with Crippen LogP contribution in [-0.2, 0) is 0 Å². The molecule has 1 unspecified atom stereocenters. The maximum atomic E-state index is 12.1. The summed E-state index contributed by atoms with van der Waals surface area (Å²) in [6.07, 6.45) is -4.50. The molecule has 0 spiro atoms. The molecule has 0 aliphatic carbocycles. The Bertz CT molecular complexity index is 141. The summed E-state index contributed by atoms with van der Waals surface area (Å²) in [6, 6.07) is 0. The molecule has 6 heteroatoms. The summed E-state index contributed by atoms with van der Waals surface area (Å²) in [4.78, 5) is 0. The Balaban J connectivity index is 4.40. The molecule has 0 nitrogen and oxygen atoms in total. The van der Waals surface area contributed by atoms with Crippen molar-refractivity contribution in [2.75, 3.05) is 0 Å². The Labute approximate surface area is 61.8 Å². The molecule has 0 fully saturated rings. The topological polar surface area (TPSA) is 0 Å². The van der Waals surface area contributed by atoms with Gasteiger partial charge >= 0.3 is 0 Å². The molecule has 0 rings (SSSR count). The lowest BCUT2D eigenvalue weighted by Gasteiger charge is -2.12. The molecule has 0 aliphatic heterocycles. The van der Waals surface area contributed by atoms with Crippen molar-refractivity contribution in [3.63, 3.8) is 0 Å². The van der Waals surface area contributed by atoms with E-state index in [9.17, 15) is 22.0 Å². The molecule has 0 aliphatic rings. The van der Waals surface area contributed by atoms with E-state index in [1.165, 1.54) is 0 Å². The molecule has 0 amide bonds. The molecule has 0 aromatic heterocycles. The number of rotatable bonds is 2. The Kier molecular flexibility index (Phi) is 3.27. The average Bonchev–Trinajstić information content (AvgIpc) is 1.86. The molecule has 0 heterocycles. The molecule has 60 valence electrons. The van der Waals surface area contributed by atoms with E-state index in [0.717, 1.165) is 0 Å². The van der Waals surface area contributed by atoms with Gasteiger partial charge in [0.1, 0.15) is 6.33 Å². The van der Waals surface area contributed by atoms with E-state index in [2.05, 4.69) is 0 Å². The van der Waals surface area contributed by atoms with Crippen LogP contribution in [0.4, 0.5) is 22.0 Å². The summed E-state index contributed by atoms with van der Waals surface area (Å²) in [7, 11) is 0. The highest BCUT2D eigenvalue weighted by atomic mass is 79.9. The molecule has 0 radical (unpaired) electrons. The van der Waals surface area contributed by atoms with Crippen LogP contribution in [-0.4, -0.2) is 11.0 Å². The van der Waals surface area contributed by atoms with Gasteiger partial charge in [0.05, 0.1) is 0 Å². The normalized spacial score (nSPS) is 19.3. The van der Waals surface area contributed by atoms with Crippen molar-refractivity contribution < 1.29 is 22.0 Å². The highest BCUT2D eigenvalue weighted by molar-refractivity contribution is 9.10. The van der Waals surface area contributed by atoms with Gasteiger partial charge in [0, 0.05) is 0 Å². The first-order valence-electron chi connectivity index (χ1n) is 2.05. The standard InChI is InChI=1S/C4H2BrF5/c5-4(10,3(8)9)2(7)1-6/h1,3H. The Morgan fingerprint density at radius 3 is 2.00 bits per heavy atom. The third-order valence-electron chi connectivity index (χ3n) is 0.688. The molecule has 0 bridgehead atoms. The van der Waals surface area contributed by atoms with Crippen LogP contribution in [0.3, 0.4) is 0 Å². The van der Waals surface area contributed by atoms with Crippen LogP contribution in [0, 0.1) is 0 Å². The van der Waals surface area contributed by atoms with Crippen molar-refractivity contribution in [1.82, 2.24) is 0 Å². The predicted molar refractivity (Wildman–Crippen MR) is 29.1 cm³/mol. The number of hydrogen-bond donors (Lipinski definition) is 0. The highest BCUT2D eigenvalue weighted by Gasteiger charge is 2.42. The van der Waals surface area contributed by atoms with Crippen molar-refractivity contribution in [2.45, 2.75) is 11.0 Å². The van der Waals surface area contributed by atoms with Crippen molar-refractivity contribution in [1.29, 1.82) is 0 Å². The lowest BCUT2D eigenvalue weighted by atomic mass is 10.4. The predicted octanol–water partition coefficient (Wildman–Crippen LogP) is 3.09. The Hall–Kier alpha value is -0.130. The number of allylic oxidation sites excluding steroid dienone is 1. The lowest BCUT2D eigenvalue weighted by Crippen LogP contribution is -2.24. The van der Waals surface area contributed by atoms with Crippen LogP contribution >= 0.6 is 15.9 Å². The van der Waals surface area contributed by atoms with E-state index < -0.39 is 23.2 Å².